The van der Waals surface area contributed by atoms with Gasteiger partial charge in [-0.1, -0.05) is 0 Å². The Labute approximate surface area is 111 Å². The van der Waals surface area contributed by atoms with Crippen LogP contribution >= 0.6 is 0 Å². The number of carboxylic acids is 1. The average Bonchev–Trinajstić information content (AvgIpc) is 2.86. The number of carbonyl (C=O) groups is 2. The molecule has 0 radical (unpaired) electrons. The molecule has 0 aliphatic carbocycles. The van der Waals surface area contributed by atoms with Gasteiger partial charge < -0.3 is 15.0 Å². The Morgan fingerprint density at radius 1 is 1.35 bits per heavy atom. The largest absolute Gasteiger partial charge is 0.477 e. The number of H-pyrrole nitrogens is 1. The highest BCUT2D eigenvalue weighted by molar-refractivity contribution is 5.85. The number of rotatable bonds is 2. The molecule has 0 unspecified atom stereocenters. The van der Waals surface area contributed by atoms with Crippen molar-refractivity contribution < 1.29 is 27.9 Å². The fraction of sp³-hybridized carbons (Fsp3) is 0.545. The van der Waals surface area contributed by atoms with Gasteiger partial charge >= 0.3 is 18.1 Å². The molecule has 6 nitrogen and oxygen atoms in total. The van der Waals surface area contributed by atoms with Gasteiger partial charge in [0.2, 0.25) is 0 Å². The number of alkyl halides is 3. The first-order valence-electron chi connectivity index (χ1n) is 5.93. The topological polar surface area (TPSA) is 86.3 Å². The first kappa shape index (κ1) is 14.4. The molecule has 1 aliphatic heterocycles. The van der Waals surface area contributed by atoms with Crippen LogP contribution in [0.5, 0.6) is 0 Å². The lowest BCUT2D eigenvalue weighted by Crippen LogP contribution is -2.45. The molecule has 1 amide bonds. The number of hydrogen-bond donors (Lipinski definition) is 2. The number of aromatic amines is 1. The summed E-state index contributed by atoms with van der Waals surface area (Å²) in [6.45, 7) is -0.0434. The fourth-order valence-corrected chi connectivity index (χ4v) is 2.19. The van der Waals surface area contributed by atoms with E-state index >= 15 is 0 Å². The second-order valence-corrected chi connectivity index (χ2v) is 4.55. The third-order valence-electron chi connectivity index (χ3n) is 3.24. The molecule has 110 valence electrons. The maximum absolute atomic E-state index is 12.3. The van der Waals surface area contributed by atoms with Gasteiger partial charge in [0.1, 0.15) is 11.5 Å². The summed E-state index contributed by atoms with van der Waals surface area (Å²) in [7, 11) is 0. The van der Waals surface area contributed by atoms with E-state index in [1.807, 2.05) is 0 Å². The zero-order valence-corrected chi connectivity index (χ0v) is 10.3. The number of halogens is 3. The second-order valence-electron chi connectivity index (χ2n) is 4.55. The molecule has 9 heteroatoms. The Kier molecular flexibility index (Phi) is 3.69. The van der Waals surface area contributed by atoms with Crippen molar-refractivity contribution in [2.45, 2.75) is 24.9 Å². The number of aromatic nitrogens is 2. The van der Waals surface area contributed by atoms with E-state index in [-0.39, 0.29) is 24.7 Å². The van der Waals surface area contributed by atoms with Gasteiger partial charge in [0.15, 0.2) is 0 Å². The molecule has 20 heavy (non-hydrogen) atoms. The second kappa shape index (κ2) is 5.14. The van der Waals surface area contributed by atoms with Crippen LogP contribution in [0.15, 0.2) is 6.20 Å². The standard InChI is InChI=1S/C11H12F3N3O3/c12-11(13,14)10(20)17-3-1-6(2-4-17)8-15-5-7(16-8)9(18)19/h5-6H,1-4H2,(H,15,16)(H,18,19). The lowest BCUT2D eigenvalue weighted by Gasteiger charge is -2.31. The molecule has 1 aliphatic rings. The van der Waals surface area contributed by atoms with Crippen LogP contribution in [-0.4, -0.2) is 51.1 Å². The maximum atomic E-state index is 12.3. The first-order valence-corrected chi connectivity index (χ1v) is 5.93. The number of piperidine rings is 1. The van der Waals surface area contributed by atoms with Crippen molar-refractivity contribution in [3.05, 3.63) is 17.7 Å². The molecule has 0 saturated carbocycles. The van der Waals surface area contributed by atoms with Crippen molar-refractivity contribution in [2.24, 2.45) is 0 Å². The molecule has 0 bridgehead atoms. The Hall–Kier alpha value is -2.06. The summed E-state index contributed by atoms with van der Waals surface area (Å²) in [4.78, 5) is 29.1. The molecule has 0 aromatic carbocycles. The van der Waals surface area contributed by atoms with Crippen LogP contribution in [-0.2, 0) is 4.79 Å². The van der Waals surface area contributed by atoms with Crippen LogP contribution in [0.2, 0.25) is 0 Å². The minimum atomic E-state index is -4.85. The third kappa shape index (κ3) is 2.91. The molecule has 1 aromatic rings. The monoisotopic (exact) mass is 291 g/mol. The van der Waals surface area contributed by atoms with Crippen LogP contribution in [0.4, 0.5) is 13.2 Å². The lowest BCUT2D eigenvalue weighted by molar-refractivity contribution is -0.186. The van der Waals surface area contributed by atoms with Crippen molar-refractivity contribution in [2.75, 3.05) is 13.1 Å². The van der Waals surface area contributed by atoms with Crippen molar-refractivity contribution in [1.29, 1.82) is 0 Å². The quantitative estimate of drug-likeness (QED) is 0.861. The minimum absolute atomic E-state index is 0.0217. The lowest BCUT2D eigenvalue weighted by atomic mass is 9.96. The van der Waals surface area contributed by atoms with Gasteiger partial charge in [-0.25, -0.2) is 9.78 Å². The number of likely N-dealkylation sites (tertiary alicyclic amines) is 1. The summed E-state index contributed by atoms with van der Waals surface area (Å²) >= 11 is 0. The van der Waals surface area contributed by atoms with E-state index in [0.29, 0.717) is 18.7 Å². The van der Waals surface area contributed by atoms with Crippen LogP contribution < -0.4 is 0 Å². The Bertz CT molecular complexity index is 518. The van der Waals surface area contributed by atoms with E-state index in [0.717, 1.165) is 4.90 Å². The summed E-state index contributed by atoms with van der Waals surface area (Å²) in [5.41, 5.74) is -0.0613. The number of hydrogen-bond acceptors (Lipinski definition) is 3. The predicted molar refractivity (Wildman–Crippen MR) is 60.2 cm³/mol. The SMILES string of the molecule is O=C(O)c1cnc(C2CCN(C(=O)C(F)(F)F)CC2)[nH]1. The van der Waals surface area contributed by atoms with E-state index in [2.05, 4.69) is 9.97 Å². The van der Waals surface area contributed by atoms with Gasteiger partial charge in [-0.05, 0) is 12.8 Å². The highest BCUT2D eigenvalue weighted by Crippen LogP contribution is 2.28. The number of nitrogens with zero attached hydrogens (tertiary/aromatic N) is 2. The smallest absolute Gasteiger partial charge is 0.471 e. The zero-order chi connectivity index (χ0) is 14.9. The van der Waals surface area contributed by atoms with Crippen LogP contribution in [0.1, 0.15) is 35.1 Å². The van der Waals surface area contributed by atoms with E-state index in [1.54, 1.807) is 0 Å². The molecule has 2 rings (SSSR count). The Balaban J connectivity index is 1.97. The number of imidazole rings is 1. The number of nitrogens with one attached hydrogen (secondary N) is 1. The van der Waals surface area contributed by atoms with Crippen molar-refractivity contribution in [3.63, 3.8) is 0 Å². The first-order chi connectivity index (χ1) is 9.29. The minimum Gasteiger partial charge on any atom is -0.477 e. The van der Waals surface area contributed by atoms with Gasteiger partial charge in [-0.3, -0.25) is 4.79 Å². The van der Waals surface area contributed by atoms with Crippen LogP contribution in [0.25, 0.3) is 0 Å². The summed E-state index contributed by atoms with van der Waals surface area (Å²) in [5.74, 6) is -2.71. The molecular weight excluding hydrogens is 279 g/mol. The van der Waals surface area contributed by atoms with Crippen LogP contribution in [0, 0.1) is 0 Å². The van der Waals surface area contributed by atoms with E-state index in [1.165, 1.54) is 6.20 Å². The highest BCUT2D eigenvalue weighted by Gasteiger charge is 2.43. The summed E-state index contributed by atoms with van der Waals surface area (Å²) < 4.78 is 36.8. The van der Waals surface area contributed by atoms with Gasteiger partial charge in [0.05, 0.1) is 6.20 Å². The number of carbonyl (C=O) groups excluding carboxylic acids is 1. The summed E-state index contributed by atoms with van der Waals surface area (Å²) in [6, 6.07) is 0. The molecule has 0 spiro atoms. The zero-order valence-electron chi connectivity index (χ0n) is 10.3. The Morgan fingerprint density at radius 2 is 1.95 bits per heavy atom. The Morgan fingerprint density at radius 3 is 2.40 bits per heavy atom. The summed E-state index contributed by atoms with van der Waals surface area (Å²) in [5, 5.41) is 8.75. The number of aromatic carboxylic acids is 1. The van der Waals surface area contributed by atoms with Gasteiger partial charge in [-0.2, -0.15) is 13.2 Å². The molecule has 1 saturated heterocycles. The van der Waals surface area contributed by atoms with Gasteiger partial charge in [0.25, 0.3) is 0 Å². The fourth-order valence-electron chi connectivity index (χ4n) is 2.19. The molecule has 2 N–H and O–H groups in total. The molecule has 1 aromatic heterocycles. The number of amides is 1. The van der Waals surface area contributed by atoms with Gasteiger partial charge in [0, 0.05) is 19.0 Å². The molecular formula is C11H12F3N3O3. The third-order valence-corrected chi connectivity index (χ3v) is 3.24. The average molecular weight is 291 g/mol. The van der Waals surface area contributed by atoms with Crippen molar-refractivity contribution in [3.8, 4) is 0 Å². The highest BCUT2D eigenvalue weighted by atomic mass is 19.4. The molecule has 1 fully saturated rings. The van der Waals surface area contributed by atoms with Gasteiger partial charge in [-0.15, -0.1) is 0 Å². The van der Waals surface area contributed by atoms with E-state index < -0.39 is 18.1 Å². The predicted octanol–water partition coefficient (Wildman–Crippen LogP) is 1.38. The van der Waals surface area contributed by atoms with Crippen molar-refractivity contribution in [1.82, 2.24) is 14.9 Å². The van der Waals surface area contributed by atoms with Crippen LogP contribution in [0.3, 0.4) is 0 Å². The summed E-state index contributed by atoms with van der Waals surface area (Å²) in [6.07, 6.45) is -3.05. The van der Waals surface area contributed by atoms with Crippen molar-refractivity contribution >= 4 is 11.9 Å². The maximum Gasteiger partial charge on any atom is 0.471 e. The molecule has 2 heterocycles. The van der Waals surface area contributed by atoms with E-state index in [9.17, 15) is 22.8 Å². The van der Waals surface area contributed by atoms with E-state index in [4.69, 9.17) is 5.11 Å². The number of carboxylic acid groups (broad SMARTS) is 1. The normalized spacial score (nSPS) is 17.2. The molecule has 0 atom stereocenters.